The molecule has 1 heterocycles. The van der Waals surface area contributed by atoms with Crippen molar-refractivity contribution < 1.29 is 13.9 Å². The summed E-state index contributed by atoms with van der Waals surface area (Å²) < 4.78 is 19.4. The number of aryl methyl sites for hydroxylation is 1. The average molecular weight is 249 g/mol. The third kappa shape index (κ3) is 3.31. The number of carbonyl (C=O) groups is 1. The van der Waals surface area contributed by atoms with Crippen molar-refractivity contribution in [2.24, 2.45) is 7.05 Å². The Kier molecular flexibility index (Phi) is 3.57. The minimum absolute atomic E-state index is 0.122. The molecule has 0 unspecified atom stereocenters. The highest BCUT2D eigenvalue weighted by Gasteiger charge is 2.04. The Hall–Kier alpha value is -2.37. The fourth-order valence-corrected chi connectivity index (χ4v) is 1.35. The quantitative estimate of drug-likeness (QED) is 0.895. The third-order valence-electron chi connectivity index (χ3n) is 2.18. The van der Waals surface area contributed by atoms with E-state index < -0.39 is 0 Å². The van der Waals surface area contributed by atoms with E-state index >= 15 is 0 Å². The van der Waals surface area contributed by atoms with Crippen LogP contribution in [-0.2, 0) is 11.8 Å². The van der Waals surface area contributed by atoms with Crippen LogP contribution < -0.4 is 10.1 Å². The molecule has 0 spiro atoms. The molecule has 0 fully saturated rings. The van der Waals surface area contributed by atoms with Crippen molar-refractivity contribution in [1.82, 2.24) is 9.78 Å². The maximum Gasteiger partial charge on any atom is 0.262 e. The van der Waals surface area contributed by atoms with E-state index in [-0.39, 0.29) is 18.3 Å². The van der Waals surface area contributed by atoms with Gasteiger partial charge in [-0.3, -0.25) is 9.48 Å². The summed E-state index contributed by atoms with van der Waals surface area (Å²) in [6.45, 7) is -0.122. The van der Waals surface area contributed by atoms with Gasteiger partial charge in [0.25, 0.3) is 5.91 Å². The van der Waals surface area contributed by atoms with Gasteiger partial charge in [-0.2, -0.15) is 5.10 Å². The number of hydrogen-bond donors (Lipinski definition) is 1. The number of anilines is 1. The molecule has 94 valence electrons. The number of hydrogen-bond acceptors (Lipinski definition) is 3. The predicted octanol–water partition coefficient (Wildman–Crippen LogP) is 1.58. The first kappa shape index (κ1) is 12.1. The van der Waals surface area contributed by atoms with Crippen LogP contribution in [0.2, 0.25) is 0 Å². The van der Waals surface area contributed by atoms with Gasteiger partial charge in [-0.05, 0) is 24.3 Å². The molecule has 0 bridgehead atoms. The lowest BCUT2D eigenvalue weighted by Crippen LogP contribution is -2.19. The van der Waals surface area contributed by atoms with Gasteiger partial charge in [-0.25, -0.2) is 4.39 Å². The summed E-state index contributed by atoms with van der Waals surface area (Å²) in [5, 5.41) is 6.49. The number of carbonyl (C=O) groups excluding carboxylic acids is 1. The highest BCUT2D eigenvalue weighted by Crippen LogP contribution is 2.09. The van der Waals surface area contributed by atoms with Gasteiger partial charge in [0, 0.05) is 12.7 Å². The van der Waals surface area contributed by atoms with E-state index in [0.717, 1.165) is 0 Å². The molecule has 1 amide bonds. The Balaban J connectivity index is 1.83. The zero-order valence-corrected chi connectivity index (χ0v) is 9.76. The SMILES string of the molecule is Cn1cc(OCC(=O)Nc2ccc(F)cc2)cn1. The molecule has 2 aromatic rings. The maximum absolute atomic E-state index is 12.6. The van der Waals surface area contributed by atoms with Gasteiger partial charge < -0.3 is 10.1 Å². The number of amides is 1. The van der Waals surface area contributed by atoms with Crippen molar-refractivity contribution in [3.63, 3.8) is 0 Å². The van der Waals surface area contributed by atoms with Crippen LogP contribution in [0.4, 0.5) is 10.1 Å². The fraction of sp³-hybridized carbons (Fsp3) is 0.167. The molecule has 2 rings (SSSR count). The molecular weight excluding hydrogens is 237 g/mol. The van der Waals surface area contributed by atoms with Crippen molar-refractivity contribution in [2.75, 3.05) is 11.9 Å². The van der Waals surface area contributed by atoms with E-state index in [0.29, 0.717) is 11.4 Å². The first-order valence-corrected chi connectivity index (χ1v) is 5.30. The van der Waals surface area contributed by atoms with Crippen LogP contribution in [0.15, 0.2) is 36.7 Å². The first-order chi connectivity index (χ1) is 8.63. The highest BCUT2D eigenvalue weighted by atomic mass is 19.1. The van der Waals surface area contributed by atoms with Crippen molar-refractivity contribution in [2.45, 2.75) is 0 Å². The molecule has 0 aliphatic carbocycles. The van der Waals surface area contributed by atoms with E-state index in [4.69, 9.17) is 4.74 Å². The molecule has 0 radical (unpaired) electrons. The van der Waals surface area contributed by atoms with E-state index in [1.54, 1.807) is 17.9 Å². The summed E-state index contributed by atoms with van der Waals surface area (Å²) in [6, 6.07) is 5.52. The van der Waals surface area contributed by atoms with E-state index in [2.05, 4.69) is 10.4 Å². The summed E-state index contributed by atoms with van der Waals surface area (Å²) in [5.74, 6) is -0.142. The number of nitrogens with one attached hydrogen (secondary N) is 1. The van der Waals surface area contributed by atoms with E-state index in [1.807, 2.05) is 0 Å². The van der Waals surface area contributed by atoms with Gasteiger partial charge in [0.2, 0.25) is 0 Å². The molecule has 0 atom stereocenters. The number of aromatic nitrogens is 2. The van der Waals surface area contributed by atoms with Gasteiger partial charge >= 0.3 is 0 Å². The Morgan fingerprint density at radius 2 is 2.17 bits per heavy atom. The molecular formula is C12H12FN3O2. The number of nitrogens with zero attached hydrogens (tertiary/aromatic N) is 2. The fourth-order valence-electron chi connectivity index (χ4n) is 1.35. The lowest BCUT2D eigenvalue weighted by molar-refractivity contribution is -0.118. The summed E-state index contributed by atoms with van der Waals surface area (Å²) in [4.78, 5) is 11.5. The normalized spacial score (nSPS) is 10.1. The molecule has 5 nitrogen and oxygen atoms in total. The zero-order chi connectivity index (χ0) is 13.0. The Labute approximate surface area is 103 Å². The average Bonchev–Trinajstić information content (AvgIpc) is 2.76. The maximum atomic E-state index is 12.6. The highest BCUT2D eigenvalue weighted by molar-refractivity contribution is 5.91. The second-order valence-electron chi connectivity index (χ2n) is 3.69. The lowest BCUT2D eigenvalue weighted by Gasteiger charge is -2.05. The second-order valence-corrected chi connectivity index (χ2v) is 3.69. The summed E-state index contributed by atoms with van der Waals surface area (Å²) in [6.07, 6.45) is 3.18. The van der Waals surface area contributed by atoms with Gasteiger partial charge in [-0.1, -0.05) is 0 Å². The van der Waals surface area contributed by atoms with Crippen LogP contribution in [0.25, 0.3) is 0 Å². The third-order valence-corrected chi connectivity index (χ3v) is 2.18. The molecule has 18 heavy (non-hydrogen) atoms. The minimum atomic E-state index is -0.348. The standard InChI is InChI=1S/C12H12FN3O2/c1-16-7-11(6-14-16)18-8-12(17)15-10-4-2-9(13)3-5-10/h2-7H,8H2,1H3,(H,15,17). The van der Waals surface area contributed by atoms with Crippen molar-refractivity contribution in [1.29, 1.82) is 0 Å². The molecule has 1 aromatic carbocycles. The molecule has 0 saturated carbocycles. The van der Waals surface area contributed by atoms with Crippen LogP contribution >= 0.6 is 0 Å². The Morgan fingerprint density at radius 3 is 2.78 bits per heavy atom. The second kappa shape index (κ2) is 5.31. The van der Waals surface area contributed by atoms with Crippen LogP contribution in [0.3, 0.4) is 0 Å². The van der Waals surface area contributed by atoms with Crippen molar-refractivity contribution in [3.8, 4) is 5.75 Å². The topological polar surface area (TPSA) is 56.1 Å². The number of ether oxygens (including phenoxy) is 1. The van der Waals surface area contributed by atoms with Crippen molar-refractivity contribution >= 4 is 11.6 Å². The van der Waals surface area contributed by atoms with Crippen LogP contribution in [-0.4, -0.2) is 22.3 Å². The van der Waals surface area contributed by atoms with Crippen molar-refractivity contribution in [3.05, 3.63) is 42.5 Å². The summed E-state index contributed by atoms with van der Waals surface area (Å²) in [7, 11) is 1.76. The van der Waals surface area contributed by atoms with Crippen LogP contribution in [0.5, 0.6) is 5.75 Å². The minimum Gasteiger partial charge on any atom is -0.480 e. The largest absolute Gasteiger partial charge is 0.480 e. The summed E-state index contributed by atoms with van der Waals surface area (Å²) >= 11 is 0. The van der Waals surface area contributed by atoms with Crippen LogP contribution in [0, 0.1) is 5.82 Å². The van der Waals surface area contributed by atoms with Gasteiger partial charge in [0.05, 0.1) is 12.4 Å². The molecule has 0 aliphatic heterocycles. The Bertz CT molecular complexity index is 537. The smallest absolute Gasteiger partial charge is 0.262 e. The van der Waals surface area contributed by atoms with Gasteiger partial charge in [-0.15, -0.1) is 0 Å². The lowest BCUT2D eigenvalue weighted by atomic mass is 10.3. The predicted molar refractivity (Wildman–Crippen MR) is 63.7 cm³/mol. The molecule has 0 saturated heterocycles. The number of rotatable bonds is 4. The molecule has 6 heteroatoms. The molecule has 1 N–H and O–H groups in total. The first-order valence-electron chi connectivity index (χ1n) is 5.30. The zero-order valence-electron chi connectivity index (χ0n) is 9.76. The molecule has 0 aliphatic rings. The molecule has 1 aromatic heterocycles. The summed E-state index contributed by atoms with van der Waals surface area (Å²) in [5.41, 5.74) is 0.524. The monoisotopic (exact) mass is 249 g/mol. The van der Waals surface area contributed by atoms with E-state index in [9.17, 15) is 9.18 Å². The number of halogens is 1. The van der Waals surface area contributed by atoms with E-state index in [1.165, 1.54) is 30.5 Å². The van der Waals surface area contributed by atoms with Gasteiger partial charge in [0.1, 0.15) is 5.82 Å². The number of benzene rings is 1. The Morgan fingerprint density at radius 1 is 1.44 bits per heavy atom. The van der Waals surface area contributed by atoms with Gasteiger partial charge in [0.15, 0.2) is 12.4 Å². The van der Waals surface area contributed by atoms with Crippen LogP contribution in [0.1, 0.15) is 0 Å².